The molecule has 0 spiro atoms. The van der Waals surface area contributed by atoms with Crippen LogP contribution in [0.5, 0.6) is 0 Å². The Kier molecular flexibility index (Phi) is 5.78. The number of rotatable bonds is 7. The number of amides is 2. The number of aromatic nitrogens is 2. The first-order valence-electron chi connectivity index (χ1n) is 9.51. The van der Waals surface area contributed by atoms with Gasteiger partial charge in [0, 0.05) is 36.8 Å². The number of H-pyrrole nitrogens is 1. The molecule has 2 amide bonds. The molecule has 2 aromatic rings. The second-order valence-electron chi connectivity index (χ2n) is 6.97. The van der Waals surface area contributed by atoms with Crippen LogP contribution in [0.1, 0.15) is 49.2 Å². The normalized spacial score (nSPS) is 16.7. The van der Waals surface area contributed by atoms with Crippen LogP contribution in [-0.2, 0) is 11.2 Å². The second-order valence-corrected chi connectivity index (χ2v) is 6.97. The van der Waals surface area contributed by atoms with Gasteiger partial charge in [-0.25, -0.2) is 4.68 Å². The van der Waals surface area contributed by atoms with Gasteiger partial charge in [-0.2, -0.15) is 0 Å². The van der Waals surface area contributed by atoms with Crippen molar-refractivity contribution in [2.24, 2.45) is 0 Å². The van der Waals surface area contributed by atoms with E-state index in [1.165, 1.54) is 4.68 Å². The lowest BCUT2D eigenvalue weighted by Gasteiger charge is -2.16. The van der Waals surface area contributed by atoms with Crippen molar-refractivity contribution in [3.63, 3.8) is 0 Å². The van der Waals surface area contributed by atoms with E-state index in [2.05, 4.69) is 17.3 Å². The fraction of sp³-hybridized carbons (Fsp3) is 0.450. The molecule has 0 radical (unpaired) electrons. The summed E-state index contributed by atoms with van der Waals surface area (Å²) >= 11 is 0. The van der Waals surface area contributed by atoms with Gasteiger partial charge in [-0.05, 0) is 37.1 Å². The van der Waals surface area contributed by atoms with Gasteiger partial charge in [-0.15, -0.1) is 0 Å². The molecule has 7 nitrogen and oxygen atoms in total. The molecule has 1 aliphatic rings. The van der Waals surface area contributed by atoms with E-state index in [4.69, 9.17) is 0 Å². The zero-order valence-corrected chi connectivity index (χ0v) is 15.8. The van der Waals surface area contributed by atoms with Gasteiger partial charge in [0.2, 0.25) is 5.91 Å². The van der Waals surface area contributed by atoms with E-state index in [1.807, 2.05) is 6.92 Å². The van der Waals surface area contributed by atoms with Crippen LogP contribution in [0.2, 0.25) is 0 Å². The number of nitrogens with one attached hydrogen (secondary N) is 2. The Morgan fingerprint density at radius 2 is 1.93 bits per heavy atom. The number of aromatic amines is 1. The quantitative estimate of drug-likeness (QED) is 0.780. The zero-order valence-electron chi connectivity index (χ0n) is 15.8. The van der Waals surface area contributed by atoms with E-state index in [1.54, 1.807) is 35.2 Å². The summed E-state index contributed by atoms with van der Waals surface area (Å²) in [7, 11) is 0. The van der Waals surface area contributed by atoms with Crippen LogP contribution in [0.25, 0.3) is 5.69 Å². The second kappa shape index (κ2) is 8.24. The van der Waals surface area contributed by atoms with Gasteiger partial charge >= 0.3 is 0 Å². The number of aryl methyl sites for hydroxylation is 1. The first-order chi connectivity index (χ1) is 13.0. The third kappa shape index (κ3) is 4.30. The Hall–Kier alpha value is -2.83. The van der Waals surface area contributed by atoms with E-state index in [9.17, 15) is 14.4 Å². The summed E-state index contributed by atoms with van der Waals surface area (Å²) in [6.07, 6.45) is 3.03. The first kappa shape index (κ1) is 18.9. The van der Waals surface area contributed by atoms with E-state index in [0.717, 1.165) is 31.5 Å². The molecule has 144 valence electrons. The Labute approximate surface area is 158 Å². The molecule has 1 fully saturated rings. The van der Waals surface area contributed by atoms with E-state index >= 15 is 0 Å². The van der Waals surface area contributed by atoms with Crippen molar-refractivity contribution in [1.82, 2.24) is 20.0 Å². The Balaban J connectivity index is 1.66. The smallest absolute Gasteiger partial charge is 0.271 e. The predicted molar refractivity (Wildman–Crippen MR) is 103 cm³/mol. The number of carbonyl (C=O) groups excluding carboxylic acids is 2. The summed E-state index contributed by atoms with van der Waals surface area (Å²) in [5, 5.41) is 6.02. The summed E-state index contributed by atoms with van der Waals surface area (Å²) < 4.78 is 1.48. The molecule has 27 heavy (non-hydrogen) atoms. The summed E-state index contributed by atoms with van der Waals surface area (Å²) in [5.41, 5.74) is 1.97. The molecule has 0 saturated carbocycles. The number of carbonyl (C=O) groups is 2. The van der Waals surface area contributed by atoms with Gasteiger partial charge in [0.1, 0.15) is 0 Å². The maximum absolute atomic E-state index is 12.5. The molecule has 1 aromatic carbocycles. The van der Waals surface area contributed by atoms with Crippen LogP contribution in [-0.4, -0.2) is 45.6 Å². The average molecular weight is 370 g/mol. The summed E-state index contributed by atoms with van der Waals surface area (Å²) in [4.78, 5) is 38.3. The van der Waals surface area contributed by atoms with Crippen molar-refractivity contribution in [2.45, 2.75) is 45.6 Å². The van der Waals surface area contributed by atoms with Gasteiger partial charge < -0.3 is 10.2 Å². The van der Waals surface area contributed by atoms with Crippen molar-refractivity contribution >= 4 is 11.8 Å². The van der Waals surface area contributed by atoms with Crippen LogP contribution >= 0.6 is 0 Å². The SMILES string of the molecule is CCCc1cc(=O)n(-c2ccc(C(=O)NC3CC(=O)N(CCC)C3)cc2)[nH]1. The van der Waals surface area contributed by atoms with E-state index in [0.29, 0.717) is 24.2 Å². The third-order valence-corrected chi connectivity index (χ3v) is 4.72. The van der Waals surface area contributed by atoms with Crippen LogP contribution in [0.15, 0.2) is 35.1 Å². The molecule has 2 N–H and O–H groups in total. The van der Waals surface area contributed by atoms with Crippen molar-refractivity contribution in [3.8, 4) is 5.69 Å². The molecule has 3 rings (SSSR count). The van der Waals surface area contributed by atoms with E-state index < -0.39 is 0 Å². The first-order valence-corrected chi connectivity index (χ1v) is 9.51. The lowest BCUT2D eigenvalue weighted by Crippen LogP contribution is -2.37. The van der Waals surface area contributed by atoms with Crippen molar-refractivity contribution in [3.05, 3.63) is 51.9 Å². The highest BCUT2D eigenvalue weighted by molar-refractivity contribution is 5.95. The number of benzene rings is 1. The van der Waals surface area contributed by atoms with Crippen molar-refractivity contribution < 1.29 is 9.59 Å². The molecule has 7 heteroatoms. The topological polar surface area (TPSA) is 87.2 Å². The number of nitrogens with zero attached hydrogens (tertiary/aromatic N) is 2. The van der Waals surface area contributed by atoms with Crippen molar-refractivity contribution in [1.29, 1.82) is 0 Å². The fourth-order valence-corrected chi connectivity index (χ4v) is 3.42. The van der Waals surface area contributed by atoms with Gasteiger partial charge in [0.15, 0.2) is 0 Å². The monoisotopic (exact) mass is 370 g/mol. The summed E-state index contributed by atoms with van der Waals surface area (Å²) in [6.45, 7) is 5.38. The minimum atomic E-state index is -0.205. The largest absolute Gasteiger partial charge is 0.347 e. The molecule has 0 bridgehead atoms. The lowest BCUT2D eigenvalue weighted by molar-refractivity contribution is -0.127. The molecule has 1 saturated heterocycles. The summed E-state index contributed by atoms with van der Waals surface area (Å²) in [5.74, 6) is -0.116. The molecular formula is C20H26N4O3. The van der Waals surface area contributed by atoms with Crippen LogP contribution in [0.3, 0.4) is 0 Å². The fourth-order valence-electron chi connectivity index (χ4n) is 3.42. The number of hydrogen-bond acceptors (Lipinski definition) is 3. The minimum Gasteiger partial charge on any atom is -0.347 e. The van der Waals surface area contributed by atoms with E-state index in [-0.39, 0.29) is 23.4 Å². The third-order valence-electron chi connectivity index (χ3n) is 4.72. The predicted octanol–water partition coefficient (Wildman–Crippen LogP) is 1.86. The number of likely N-dealkylation sites (tertiary alicyclic amines) is 1. The Bertz CT molecular complexity index is 866. The molecule has 1 atom stereocenters. The average Bonchev–Trinajstić information content (AvgIpc) is 3.18. The van der Waals surface area contributed by atoms with Gasteiger partial charge in [0.25, 0.3) is 11.5 Å². The maximum Gasteiger partial charge on any atom is 0.271 e. The highest BCUT2D eigenvalue weighted by atomic mass is 16.2. The zero-order chi connectivity index (χ0) is 19.4. The summed E-state index contributed by atoms with van der Waals surface area (Å²) in [6, 6.07) is 8.32. The molecule has 1 aliphatic heterocycles. The Morgan fingerprint density at radius 3 is 2.59 bits per heavy atom. The highest BCUT2D eigenvalue weighted by Crippen LogP contribution is 2.13. The van der Waals surface area contributed by atoms with Crippen LogP contribution in [0, 0.1) is 0 Å². The molecule has 2 heterocycles. The maximum atomic E-state index is 12.5. The van der Waals surface area contributed by atoms with Gasteiger partial charge in [0.05, 0.1) is 11.7 Å². The molecule has 1 aromatic heterocycles. The molecule has 0 aliphatic carbocycles. The van der Waals surface area contributed by atoms with Crippen molar-refractivity contribution in [2.75, 3.05) is 13.1 Å². The molecule has 1 unspecified atom stereocenters. The number of hydrogen-bond donors (Lipinski definition) is 2. The minimum absolute atomic E-state index is 0.0894. The highest BCUT2D eigenvalue weighted by Gasteiger charge is 2.30. The lowest BCUT2D eigenvalue weighted by atomic mass is 10.1. The molecular weight excluding hydrogens is 344 g/mol. The van der Waals surface area contributed by atoms with Gasteiger partial charge in [-0.1, -0.05) is 20.3 Å². The standard InChI is InChI=1S/C20H26N4O3/c1-3-5-15-11-19(26)24(22-15)17-8-6-14(7-9-17)20(27)21-16-12-18(25)23(13-16)10-4-2/h6-9,11,16,22H,3-5,10,12-13H2,1-2H3,(H,21,27). The van der Waals surface area contributed by atoms with Crippen LogP contribution in [0.4, 0.5) is 0 Å². The Morgan fingerprint density at radius 1 is 1.19 bits per heavy atom. The van der Waals surface area contributed by atoms with Crippen LogP contribution < -0.4 is 10.9 Å². The van der Waals surface area contributed by atoms with Gasteiger partial charge in [-0.3, -0.25) is 19.5 Å².